The highest BCUT2D eigenvalue weighted by Crippen LogP contribution is 2.37. The molecule has 3 aliphatic rings. The Balaban J connectivity index is 1.90. The average Bonchev–Trinajstić information content (AvgIpc) is 3.06. The van der Waals surface area contributed by atoms with E-state index in [4.69, 9.17) is 33.2 Å². The van der Waals surface area contributed by atoms with E-state index in [0.29, 0.717) is 12.7 Å². The molecule has 2 saturated heterocycles. The second-order valence-electron chi connectivity index (χ2n) is 16.2. The number of nitrogens with zero attached hydrogens (tertiary/aromatic N) is 1. The van der Waals surface area contributed by atoms with Gasteiger partial charge < -0.3 is 58.2 Å². The second kappa shape index (κ2) is 21.2. The van der Waals surface area contributed by atoms with Crippen LogP contribution >= 0.6 is 0 Å². The predicted octanol–water partition coefficient (Wildman–Crippen LogP) is 2.65. The van der Waals surface area contributed by atoms with E-state index in [9.17, 15) is 34.5 Å². The van der Waals surface area contributed by atoms with E-state index in [0.717, 1.165) is 0 Å². The molecule has 0 amide bonds. The number of aliphatic hydroxyl groups is 3. The van der Waals surface area contributed by atoms with Crippen LogP contribution in [0.1, 0.15) is 87.0 Å². The fourth-order valence-electron chi connectivity index (χ4n) is 7.68. The lowest BCUT2D eigenvalue weighted by Gasteiger charge is -2.50. The van der Waals surface area contributed by atoms with Crippen molar-refractivity contribution < 1.29 is 67.7 Å². The maximum atomic E-state index is 13.1. The van der Waals surface area contributed by atoms with Gasteiger partial charge in [0.2, 0.25) is 0 Å². The zero-order valence-corrected chi connectivity index (χ0v) is 34.1. The van der Waals surface area contributed by atoms with Crippen LogP contribution < -0.4 is 0 Å². The van der Waals surface area contributed by atoms with Crippen molar-refractivity contribution in [2.24, 2.45) is 17.8 Å². The highest BCUT2D eigenvalue weighted by Gasteiger charge is 2.52. The Labute approximate surface area is 325 Å². The SMILES string of the molecule is COC1C(O)CC(=O)OC(C)C/C=C/C=C\C(=O)C(C)CC(CC=O)C1OC1OC(C)C(OC2CC(C)(O)C(OC(=O)CC(C)C)C(C)O2)C(N(C)C)C1O. The number of likely N-dealkylation sites (N-methyl/N-ethyl adjacent to an activating group) is 1. The first kappa shape index (κ1) is 46.8. The van der Waals surface area contributed by atoms with Gasteiger partial charge in [-0.05, 0) is 66.1 Å². The lowest BCUT2D eigenvalue weighted by Crippen LogP contribution is -2.66. The number of carbonyl (C=O) groups excluding carboxylic acids is 4. The Hall–Kier alpha value is -2.60. The van der Waals surface area contributed by atoms with E-state index in [-0.39, 0.29) is 37.4 Å². The first-order valence-electron chi connectivity index (χ1n) is 19.4. The second-order valence-corrected chi connectivity index (χ2v) is 16.2. The van der Waals surface area contributed by atoms with E-state index in [1.807, 2.05) is 13.8 Å². The number of ketones is 1. The van der Waals surface area contributed by atoms with Gasteiger partial charge in [0.1, 0.15) is 36.3 Å². The summed E-state index contributed by atoms with van der Waals surface area (Å²) in [5.41, 5.74) is -1.49. The molecule has 0 saturated carbocycles. The maximum absolute atomic E-state index is 13.1. The van der Waals surface area contributed by atoms with E-state index in [1.54, 1.807) is 71.8 Å². The van der Waals surface area contributed by atoms with Crippen LogP contribution in [0.3, 0.4) is 0 Å². The zero-order chi connectivity index (χ0) is 41.2. The normalized spacial score (nSPS) is 41.1. The monoisotopic (exact) mass is 783 g/mol. The number of methoxy groups -OCH3 is 1. The molecule has 15 unspecified atom stereocenters. The molecule has 0 aliphatic carbocycles. The number of allylic oxidation sites excluding steroid dienone is 3. The number of aliphatic hydroxyl groups excluding tert-OH is 2. The molecule has 15 nitrogen and oxygen atoms in total. The largest absolute Gasteiger partial charge is 0.462 e. The minimum absolute atomic E-state index is 0.0389. The van der Waals surface area contributed by atoms with E-state index >= 15 is 0 Å². The fourth-order valence-corrected chi connectivity index (χ4v) is 7.68. The lowest BCUT2D eigenvalue weighted by atomic mass is 9.83. The molecule has 0 radical (unpaired) electrons. The number of esters is 2. The lowest BCUT2D eigenvalue weighted by molar-refractivity contribution is -0.344. The highest BCUT2D eigenvalue weighted by atomic mass is 16.7. The number of ether oxygens (including phenoxy) is 7. The zero-order valence-electron chi connectivity index (χ0n) is 34.1. The summed E-state index contributed by atoms with van der Waals surface area (Å²) in [6.45, 7) is 12.2. The van der Waals surface area contributed by atoms with Crippen LogP contribution in [0, 0.1) is 17.8 Å². The highest BCUT2D eigenvalue weighted by molar-refractivity contribution is 5.91. The van der Waals surface area contributed by atoms with Crippen molar-refractivity contribution in [2.75, 3.05) is 21.2 Å². The van der Waals surface area contributed by atoms with Crippen LogP contribution in [-0.4, -0.2) is 145 Å². The summed E-state index contributed by atoms with van der Waals surface area (Å²) in [5.74, 6) is -2.50. The molecule has 55 heavy (non-hydrogen) atoms. The fraction of sp³-hybridized carbons (Fsp3) is 0.800. The summed E-state index contributed by atoms with van der Waals surface area (Å²) >= 11 is 0. The molecule has 0 spiro atoms. The van der Waals surface area contributed by atoms with Crippen molar-refractivity contribution in [3.8, 4) is 0 Å². The first-order valence-corrected chi connectivity index (χ1v) is 19.4. The Morgan fingerprint density at radius 3 is 2.33 bits per heavy atom. The van der Waals surface area contributed by atoms with Crippen molar-refractivity contribution >= 4 is 24.0 Å². The van der Waals surface area contributed by atoms with E-state index in [2.05, 4.69) is 0 Å². The third-order valence-corrected chi connectivity index (χ3v) is 10.5. The molecule has 314 valence electrons. The summed E-state index contributed by atoms with van der Waals surface area (Å²) in [7, 11) is 4.83. The van der Waals surface area contributed by atoms with Crippen molar-refractivity contribution in [1.29, 1.82) is 0 Å². The van der Waals surface area contributed by atoms with Gasteiger partial charge in [0.15, 0.2) is 24.5 Å². The molecule has 3 rings (SSSR count). The maximum Gasteiger partial charge on any atom is 0.308 e. The van der Waals surface area contributed by atoms with Crippen molar-refractivity contribution in [3.05, 3.63) is 24.3 Å². The smallest absolute Gasteiger partial charge is 0.308 e. The number of carbonyl (C=O) groups is 4. The quantitative estimate of drug-likeness (QED) is 0.204. The van der Waals surface area contributed by atoms with Crippen LogP contribution in [-0.2, 0) is 52.3 Å². The van der Waals surface area contributed by atoms with Gasteiger partial charge in [-0.15, -0.1) is 0 Å². The molecule has 0 bridgehead atoms. The summed E-state index contributed by atoms with van der Waals surface area (Å²) in [5, 5.41) is 34.7. The molecule has 3 aliphatic heterocycles. The van der Waals surface area contributed by atoms with Gasteiger partial charge in [-0.2, -0.15) is 0 Å². The third-order valence-electron chi connectivity index (χ3n) is 10.5. The summed E-state index contributed by atoms with van der Waals surface area (Å²) in [4.78, 5) is 52.3. The minimum atomic E-state index is -1.49. The molecule has 15 heteroatoms. The van der Waals surface area contributed by atoms with Crippen molar-refractivity contribution in [1.82, 2.24) is 4.90 Å². The standard InChI is InChI=1S/C40H65NO14/c1-22(2)18-30(45)53-38-26(6)51-32(21-40(38,7)48)54-35-25(5)52-39(34(47)33(35)41(8)9)55-36-27(16-17-42)19-23(3)28(43)15-13-11-12-14-24(4)50-31(46)20-29(44)37(36)49-10/h11-13,15,17,22-27,29,32-39,44,47-48H,14,16,18-21H2,1-10H3/b12-11+,15-13-. The number of hydrogen-bond acceptors (Lipinski definition) is 15. The molecule has 15 atom stereocenters. The Bertz CT molecular complexity index is 1320. The molecule has 0 aromatic heterocycles. The topological polar surface area (TPSA) is 197 Å². The number of rotatable bonds is 11. The number of hydrogen-bond donors (Lipinski definition) is 3. The summed E-state index contributed by atoms with van der Waals surface area (Å²) in [6.07, 6.45) is -3.87. The van der Waals surface area contributed by atoms with Crippen LogP contribution in [0.25, 0.3) is 0 Å². The molecular weight excluding hydrogens is 718 g/mol. The average molecular weight is 784 g/mol. The van der Waals surface area contributed by atoms with E-state index < -0.39 is 109 Å². The van der Waals surface area contributed by atoms with Gasteiger partial charge in [0.05, 0.1) is 36.9 Å². The number of aldehydes is 1. The van der Waals surface area contributed by atoms with Crippen LogP contribution in [0.5, 0.6) is 0 Å². The molecule has 0 aromatic rings. The van der Waals surface area contributed by atoms with Crippen LogP contribution in [0.4, 0.5) is 0 Å². The van der Waals surface area contributed by atoms with Gasteiger partial charge in [-0.3, -0.25) is 14.4 Å². The van der Waals surface area contributed by atoms with Gasteiger partial charge in [0, 0.05) is 38.7 Å². The van der Waals surface area contributed by atoms with Crippen LogP contribution in [0.15, 0.2) is 24.3 Å². The Morgan fingerprint density at radius 1 is 1.04 bits per heavy atom. The number of cyclic esters (lactones) is 1. The molecule has 3 heterocycles. The van der Waals surface area contributed by atoms with Gasteiger partial charge >= 0.3 is 11.9 Å². The van der Waals surface area contributed by atoms with Crippen molar-refractivity contribution in [3.63, 3.8) is 0 Å². The first-order chi connectivity index (χ1) is 25.8. The van der Waals surface area contributed by atoms with Crippen LogP contribution in [0.2, 0.25) is 0 Å². The summed E-state index contributed by atoms with van der Waals surface area (Å²) < 4.78 is 42.3. The predicted molar refractivity (Wildman–Crippen MR) is 199 cm³/mol. The van der Waals surface area contributed by atoms with Gasteiger partial charge in [-0.1, -0.05) is 39.0 Å². The van der Waals surface area contributed by atoms with Crippen molar-refractivity contribution in [2.45, 2.75) is 166 Å². The molecule has 3 N–H and O–H groups in total. The summed E-state index contributed by atoms with van der Waals surface area (Å²) in [6, 6.07) is -0.768. The van der Waals surface area contributed by atoms with Gasteiger partial charge in [0.25, 0.3) is 0 Å². The third kappa shape index (κ3) is 13.2. The molecule has 2 fully saturated rings. The molecular formula is C40H65NO14. The Morgan fingerprint density at radius 2 is 1.73 bits per heavy atom. The minimum Gasteiger partial charge on any atom is -0.462 e. The molecule has 0 aromatic carbocycles. The van der Waals surface area contributed by atoms with E-state index in [1.165, 1.54) is 13.2 Å². The Kier molecular flexibility index (Phi) is 18.1. The van der Waals surface area contributed by atoms with Gasteiger partial charge in [-0.25, -0.2) is 0 Å².